The maximum absolute atomic E-state index is 13.4. The van der Waals surface area contributed by atoms with E-state index in [0.29, 0.717) is 21.7 Å². The van der Waals surface area contributed by atoms with Gasteiger partial charge in [-0.05, 0) is 54.4 Å². The Morgan fingerprint density at radius 1 is 1.09 bits per heavy atom. The Labute approximate surface area is 199 Å². The van der Waals surface area contributed by atoms with E-state index in [0.717, 1.165) is 11.1 Å². The molecule has 0 atom stereocenters. The number of ether oxygens (including phenoxy) is 2. The number of hydrogen-bond donors (Lipinski definition) is 0. The topological polar surface area (TPSA) is 61.6 Å². The number of halogens is 2. The lowest BCUT2D eigenvalue weighted by atomic mass is 9.97. The van der Waals surface area contributed by atoms with Gasteiger partial charge in [-0.15, -0.1) is 0 Å². The lowest BCUT2D eigenvalue weighted by molar-refractivity contribution is 0.313. The van der Waals surface area contributed by atoms with Crippen LogP contribution in [-0.4, -0.2) is 17.3 Å². The fourth-order valence-electron chi connectivity index (χ4n) is 3.40. The summed E-state index contributed by atoms with van der Waals surface area (Å²) in [5.74, 6) is 0.102. The van der Waals surface area contributed by atoms with Crippen LogP contribution in [0.2, 0.25) is 5.02 Å². The SMILES string of the molecule is COC(=S)Oc1c(C)c(-c2cccnc2)oc(=O)c1-c1cc(-c2ccc(F)cc2)ccc1Cl. The van der Waals surface area contributed by atoms with Gasteiger partial charge in [0.25, 0.3) is 0 Å². The van der Waals surface area contributed by atoms with Gasteiger partial charge in [0.1, 0.15) is 17.1 Å². The van der Waals surface area contributed by atoms with Gasteiger partial charge >= 0.3 is 10.9 Å². The molecular formula is C25H17ClFNO4S. The van der Waals surface area contributed by atoms with Gasteiger partial charge in [0, 0.05) is 46.3 Å². The van der Waals surface area contributed by atoms with Crippen molar-refractivity contribution < 1.29 is 18.3 Å². The first-order valence-corrected chi connectivity index (χ1v) is 10.6. The lowest BCUT2D eigenvalue weighted by Gasteiger charge is -2.16. The molecule has 166 valence electrons. The summed E-state index contributed by atoms with van der Waals surface area (Å²) in [5, 5.41) is 0.128. The minimum Gasteiger partial charge on any atom is -0.460 e. The number of nitrogens with zero attached hydrogens (tertiary/aromatic N) is 1. The summed E-state index contributed by atoms with van der Waals surface area (Å²) in [6.07, 6.45) is 3.19. The first-order chi connectivity index (χ1) is 15.9. The molecule has 8 heteroatoms. The van der Waals surface area contributed by atoms with Gasteiger partial charge in [-0.2, -0.15) is 0 Å². The van der Waals surface area contributed by atoms with Crippen molar-refractivity contribution in [3.8, 4) is 39.3 Å². The largest absolute Gasteiger partial charge is 0.460 e. The van der Waals surface area contributed by atoms with E-state index in [4.69, 9.17) is 37.7 Å². The first-order valence-electron chi connectivity index (χ1n) is 9.78. The molecule has 0 saturated heterocycles. The molecule has 2 aromatic heterocycles. The summed E-state index contributed by atoms with van der Waals surface area (Å²) in [6, 6.07) is 14.6. The predicted octanol–water partition coefficient (Wildman–Crippen LogP) is 6.45. The molecule has 0 unspecified atom stereocenters. The number of methoxy groups -OCH3 is 1. The van der Waals surface area contributed by atoms with Gasteiger partial charge in [0.2, 0.25) is 0 Å². The highest BCUT2D eigenvalue weighted by molar-refractivity contribution is 7.79. The van der Waals surface area contributed by atoms with Crippen LogP contribution >= 0.6 is 23.8 Å². The Kier molecular flexibility index (Phi) is 6.53. The molecule has 4 rings (SSSR count). The van der Waals surface area contributed by atoms with Crippen molar-refractivity contribution in [3.05, 3.63) is 93.8 Å². The van der Waals surface area contributed by atoms with Crippen molar-refractivity contribution in [3.63, 3.8) is 0 Å². The van der Waals surface area contributed by atoms with Crippen molar-refractivity contribution in [2.24, 2.45) is 0 Å². The van der Waals surface area contributed by atoms with Gasteiger partial charge in [0.05, 0.1) is 7.11 Å². The first kappa shape index (κ1) is 22.6. The maximum atomic E-state index is 13.4. The third-order valence-electron chi connectivity index (χ3n) is 5.00. The van der Waals surface area contributed by atoms with Crippen molar-refractivity contribution in [1.29, 1.82) is 0 Å². The lowest BCUT2D eigenvalue weighted by Crippen LogP contribution is -2.14. The van der Waals surface area contributed by atoms with Gasteiger partial charge < -0.3 is 13.9 Å². The molecule has 33 heavy (non-hydrogen) atoms. The number of benzene rings is 2. The zero-order chi connectivity index (χ0) is 23.5. The fourth-order valence-corrected chi connectivity index (χ4v) is 3.70. The highest BCUT2D eigenvalue weighted by Crippen LogP contribution is 2.40. The van der Waals surface area contributed by atoms with Crippen molar-refractivity contribution >= 4 is 29.1 Å². The maximum Gasteiger partial charge on any atom is 0.357 e. The summed E-state index contributed by atoms with van der Waals surface area (Å²) in [6.45, 7) is 1.74. The zero-order valence-electron chi connectivity index (χ0n) is 17.6. The average Bonchev–Trinajstić information content (AvgIpc) is 2.83. The van der Waals surface area contributed by atoms with E-state index in [-0.39, 0.29) is 28.1 Å². The zero-order valence-corrected chi connectivity index (χ0v) is 19.2. The number of pyridine rings is 1. The molecule has 0 aliphatic heterocycles. The Morgan fingerprint density at radius 2 is 1.82 bits per heavy atom. The molecule has 0 aliphatic carbocycles. The van der Waals surface area contributed by atoms with Gasteiger partial charge in [0.15, 0.2) is 5.75 Å². The van der Waals surface area contributed by atoms with Gasteiger partial charge in [-0.25, -0.2) is 9.18 Å². The molecule has 0 bridgehead atoms. The number of hydrogen-bond acceptors (Lipinski definition) is 6. The second-order valence-corrected chi connectivity index (χ2v) is 7.79. The van der Waals surface area contributed by atoms with Gasteiger partial charge in [-0.1, -0.05) is 29.8 Å². The van der Waals surface area contributed by atoms with Crippen LogP contribution < -0.4 is 10.4 Å². The van der Waals surface area contributed by atoms with Crippen molar-refractivity contribution in [2.75, 3.05) is 7.11 Å². The molecule has 0 N–H and O–H groups in total. The standard InChI is InChI=1S/C25H17ClFNO4S/c1-14-22(17-4-3-11-28-13-17)31-24(29)21(23(14)32-25(33)30-2)19-12-16(7-10-20(19)26)15-5-8-18(27)9-6-15/h3-13H,1-2H3. The quantitative estimate of drug-likeness (QED) is 0.312. The minimum absolute atomic E-state index is 0.0912. The van der Waals surface area contributed by atoms with E-state index in [1.165, 1.54) is 19.2 Å². The molecule has 0 spiro atoms. The third-order valence-corrected chi connectivity index (χ3v) is 5.58. The Hall–Kier alpha value is -3.55. The summed E-state index contributed by atoms with van der Waals surface area (Å²) in [7, 11) is 1.37. The summed E-state index contributed by atoms with van der Waals surface area (Å²) in [4.78, 5) is 17.3. The highest BCUT2D eigenvalue weighted by atomic mass is 35.5. The predicted molar refractivity (Wildman–Crippen MR) is 129 cm³/mol. The van der Waals surface area contributed by atoms with E-state index in [9.17, 15) is 9.18 Å². The molecule has 5 nitrogen and oxygen atoms in total. The van der Waals surface area contributed by atoms with E-state index in [1.54, 1.807) is 61.8 Å². The molecule has 2 heterocycles. The molecule has 0 amide bonds. The molecule has 0 fully saturated rings. The molecule has 2 aromatic carbocycles. The van der Waals surface area contributed by atoms with E-state index in [1.807, 2.05) is 0 Å². The smallest absolute Gasteiger partial charge is 0.357 e. The van der Waals surface area contributed by atoms with Crippen LogP contribution in [0.3, 0.4) is 0 Å². The van der Waals surface area contributed by atoms with Crippen LogP contribution in [0.4, 0.5) is 4.39 Å². The normalized spacial score (nSPS) is 10.7. The minimum atomic E-state index is -0.675. The molecule has 0 radical (unpaired) electrons. The number of thiocarbonyl (C=S) groups is 1. The van der Waals surface area contributed by atoms with Crippen molar-refractivity contribution in [1.82, 2.24) is 4.98 Å². The Morgan fingerprint density at radius 3 is 2.48 bits per heavy atom. The number of aromatic nitrogens is 1. The van der Waals surface area contributed by atoms with Crippen LogP contribution in [0.1, 0.15) is 5.56 Å². The second-order valence-electron chi connectivity index (χ2n) is 7.05. The fraction of sp³-hybridized carbons (Fsp3) is 0.0800. The summed E-state index contributed by atoms with van der Waals surface area (Å²) in [5.41, 5.74) is 2.38. The molecular weight excluding hydrogens is 465 g/mol. The van der Waals surface area contributed by atoms with Crippen LogP contribution in [0, 0.1) is 12.7 Å². The Balaban J connectivity index is 1.96. The summed E-state index contributed by atoms with van der Waals surface area (Å²) >= 11 is 11.6. The monoisotopic (exact) mass is 481 g/mol. The van der Waals surface area contributed by atoms with Gasteiger partial charge in [-0.3, -0.25) is 4.98 Å². The van der Waals surface area contributed by atoms with E-state index < -0.39 is 5.63 Å². The Bertz CT molecular complexity index is 1390. The number of rotatable bonds is 4. The van der Waals surface area contributed by atoms with E-state index in [2.05, 4.69) is 4.98 Å². The van der Waals surface area contributed by atoms with E-state index >= 15 is 0 Å². The van der Waals surface area contributed by atoms with Crippen LogP contribution in [-0.2, 0) is 4.74 Å². The summed E-state index contributed by atoms with van der Waals surface area (Å²) < 4.78 is 29.8. The van der Waals surface area contributed by atoms with Crippen LogP contribution in [0.5, 0.6) is 5.75 Å². The third kappa shape index (κ3) is 4.65. The molecule has 0 saturated carbocycles. The second kappa shape index (κ2) is 9.52. The highest BCUT2D eigenvalue weighted by Gasteiger charge is 2.24. The van der Waals surface area contributed by atoms with Crippen molar-refractivity contribution in [2.45, 2.75) is 6.92 Å². The molecule has 4 aromatic rings. The van der Waals surface area contributed by atoms with Crippen LogP contribution in [0.15, 0.2) is 76.2 Å². The average molecular weight is 482 g/mol. The molecule has 0 aliphatic rings. The van der Waals surface area contributed by atoms with Crippen LogP contribution in [0.25, 0.3) is 33.6 Å².